The summed E-state index contributed by atoms with van der Waals surface area (Å²) in [5.41, 5.74) is -0.378. The molecule has 0 aromatic carbocycles. The first kappa shape index (κ1) is 14.2. The Morgan fingerprint density at radius 2 is 1.95 bits per heavy atom. The van der Waals surface area contributed by atoms with Gasteiger partial charge in [-0.15, -0.1) is 0 Å². The van der Waals surface area contributed by atoms with Crippen LogP contribution in [0.15, 0.2) is 30.2 Å². The van der Waals surface area contributed by atoms with Crippen molar-refractivity contribution in [2.45, 2.75) is 13.3 Å². The third-order valence-corrected chi connectivity index (χ3v) is 3.20. The van der Waals surface area contributed by atoms with Crippen LogP contribution in [0.3, 0.4) is 0 Å². The zero-order valence-corrected chi connectivity index (χ0v) is 11.4. The van der Waals surface area contributed by atoms with Gasteiger partial charge in [-0.05, 0) is 25.1 Å². The van der Waals surface area contributed by atoms with E-state index in [0.29, 0.717) is 5.69 Å². The van der Waals surface area contributed by atoms with Crippen molar-refractivity contribution in [3.8, 4) is 0 Å². The third kappa shape index (κ3) is 2.22. The summed E-state index contributed by atoms with van der Waals surface area (Å²) < 4.78 is 41.2. The Hall–Kier alpha value is -2.77. The van der Waals surface area contributed by atoms with E-state index in [9.17, 15) is 13.2 Å². The van der Waals surface area contributed by atoms with Gasteiger partial charge >= 0.3 is 0 Å². The summed E-state index contributed by atoms with van der Waals surface area (Å²) in [5.74, 6) is -0.898. The predicted octanol–water partition coefficient (Wildman–Crippen LogP) is 3.27. The van der Waals surface area contributed by atoms with Crippen LogP contribution < -0.4 is 0 Å². The Morgan fingerprint density at radius 3 is 2.59 bits per heavy atom. The maximum atomic E-state index is 13.6. The van der Waals surface area contributed by atoms with Gasteiger partial charge in [0.15, 0.2) is 11.5 Å². The van der Waals surface area contributed by atoms with Gasteiger partial charge in [-0.3, -0.25) is 10.8 Å². The Labute approximate surface area is 122 Å². The molecule has 0 atom stereocenters. The summed E-state index contributed by atoms with van der Waals surface area (Å²) in [6, 6.07) is 1.13. The molecule has 3 rings (SSSR count). The minimum absolute atomic E-state index is 0.0416. The minimum Gasteiger partial charge on any atom is -0.299 e. The lowest BCUT2D eigenvalue weighted by Gasteiger charge is -2.12. The minimum atomic E-state index is -2.76. The summed E-state index contributed by atoms with van der Waals surface area (Å²) >= 11 is 0. The molecule has 0 fully saturated rings. The normalized spacial score (nSPS) is 15.5. The van der Waals surface area contributed by atoms with Gasteiger partial charge in [0.2, 0.25) is 0 Å². The van der Waals surface area contributed by atoms with Gasteiger partial charge in [-0.2, -0.15) is 5.10 Å². The zero-order valence-electron chi connectivity index (χ0n) is 11.4. The van der Waals surface area contributed by atoms with Crippen LogP contribution in [0.5, 0.6) is 0 Å². The van der Waals surface area contributed by atoms with Crippen molar-refractivity contribution < 1.29 is 13.2 Å². The number of aromatic nitrogens is 3. The molecule has 0 saturated carbocycles. The van der Waals surface area contributed by atoms with Crippen LogP contribution in [0, 0.1) is 17.7 Å². The van der Waals surface area contributed by atoms with Gasteiger partial charge in [0, 0.05) is 5.57 Å². The van der Waals surface area contributed by atoms with E-state index in [-0.39, 0.29) is 28.2 Å². The van der Waals surface area contributed by atoms with E-state index in [0.717, 1.165) is 12.1 Å². The summed E-state index contributed by atoms with van der Waals surface area (Å²) in [5, 5.41) is 19.0. The molecule has 0 unspecified atom stereocenters. The van der Waals surface area contributed by atoms with Crippen molar-refractivity contribution in [1.82, 2.24) is 14.6 Å². The van der Waals surface area contributed by atoms with Crippen molar-refractivity contribution in [1.29, 1.82) is 10.8 Å². The van der Waals surface area contributed by atoms with Crippen molar-refractivity contribution in [2.24, 2.45) is 0 Å². The smallest absolute Gasteiger partial charge is 0.267 e. The fourth-order valence-corrected chi connectivity index (χ4v) is 2.17. The first-order chi connectivity index (χ1) is 10.4. The molecule has 2 heterocycles. The molecule has 2 N–H and O–H groups in total. The molecule has 5 nitrogen and oxygen atoms in total. The number of aryl methyl sites for hydroxylation is 1. The summed E-state index contributed by atoms with van der Waals surface area (Å²) in [4.78, 5) is 4.00. The Balaban J connectivity index is 2.22. The molecule has 8 heteroatoms. The summed E-state index contributed by atoms with van der Waals surface area (Å²) in [7, 11) is 0. The van der Waals surface area contributed by atoms with Crippen LogP contribution in [0.2, 0.25) is 0 Å². The average Bonchev–Trinajstić information content (AvgIpc) is 2.82. The van der Waals surface area contributed by atoms with E-state index >= 15 is 0 Å². The van der Waals surface area contributed by atoms with Gasteiger partial charge in [0.25, 0.3) is 6.43 Å². The molecule has 0 saturated heterocycles. The molecule has 2 aromatic rings. The van der Waals surface area contributed by atoms with Crippen molar-refractivity contribution in [3.05, 3.63) is 47.2 Å². The first-order valence-corrected chi connectivity index (χ1v) is 6.29. The molecular weight excluding hydrogens is 295 g/mol. The number of rotatable bonds is 2. The number of hydrogen-bond donors (Lipinski definition) is 2. The van der Waals surface area contributed by atoms with E-state index in [2.05, 4.69) is 10.1 Å². The topological polar surface area (TPSA) is 77.9 Å². The summed E-state index contributed by atoms with van der Waals surface area (Å²) in [6.45, 7) is 1.65. The molecule has 2 aromatic heterocycles. The van der Waals surface area contributed by atoms with Crippen LogP contribution in [0.4, 0.5) is 13.2 Å². The van der Waals surface area contributed by atoms with Crippen LogP contribution in [-0.4, -0.2) is 26.0 Å². The van der Waals surface area contributed by atoms with Crippen molar-refractivity contribution >= 4 is 22.6 Å². The van der Waals surface area contributed by atoms with E-state index in [1.165, 1.54) is 16.8 Å². The molecule has 0 radical (unpaired) electrons. The number of hydrogen-bond acceptors (Lipinski definition) is 4. The number of allylic oxidation sites excluding steroid dienone is 4. The highest BCUT2D eigenvalue weighted by molar-refractivity contribution is 6.51. The molecule has 0 bridgehead atoms. The maximum absolute atomic E-state index is 13.6. The quantitative estimate of drug-likeness (QED) is 0.835. The molecule has 22 heavy (non-hydrogen) atoms. The molecule has 0 aliphatic heterocycles. The second-order valence-corrected chi connectivity index (χ2v) is 4.82. The monoisotopic (exact) mass is 305 g/mol. The number of fused-ring (bicyclic) bond motifs is 1. The second-order valence-electron chi connectivity index (χ2n) is 4.82. The van der Waals surface area contributed by atoms with Gasteiger partial charge in [-0.1, -0.05) is 0 Å². The second kappa shape index (κ2) is 4.90. The maximum Gasteiger partial charge on any atom is 0.267 e. The van der Waals surface area contributed by atoms with Crippen LogP contribution >= 0.6 is 0 Å². The van der Waals surface area contributed by atoms with Crippen LogP contribution in [0.1, 0.15) is 23.4 Å². The number of alkyl halides is 2. The van der Waals surface area contributed by atoms with E-state index in [1.807, 2.05) is 0 Å². The fraction of sp³-hybridized carbons (Fsp3) is 0.143. The van der Waals surface area contributed by atoms with Gasteiger partial charge in [0.05, 0.1) is 28.9 Å². The van der Waals surface area contributed by atoms with E-state index in [4.69, 9.17) is 10.8 Å². The fourth-order valence-electron chi connectivity index (χ4n) is 2.17. The highest BCUT2D eigenvalue weighted by Gasteiger charge is 2.21. The lowest BCUT2D eigenvalue weighted by atomic mass is 9.99. The Bertz CT molecular complexity index is 876. The van der Waals surface area contributed by atoms with Crippen LogP contribution in [0.25, 0.3) is 11.2 Å². The molecular formula is C14H10F3N5. The van der Waals surface area contributed by atoms with E-state index in [1.54, 1.807) is 6.92 Å². The lowest BCUT2D eigenvalue weighted by Crippen LogP contribution is -2.15. The molecule has 1 aliphatic rings. The van der Waals surface area contributed by atoms with Gasteiger partial charge in [0.1, 0.15) is 5.71 Å². The lowest BCUT2D eigenvalue weighted by molar-refractivity contribution is 0.152. The van der Waals surface area contributed by atoms with Crippen molar-refractivity contribution in [3.63, 3.8) is 0 Å². The Morgan fingerprint density at radius 1 is 1.23 bits per heavy atom. The summed E-state index contributed by atoms with van der Waals surface area (Å²) in [6.07, 6.45) is 0.954. The molecule has 0 amide bonds. The standard InChI is InChI=1S/C14H10F3N5/c1-6-5-22-14(20-6)8(13(16)17)4-11(21-22)7-2-9(15)12(19)10(18)3-7/h2-5,13,18-19H,1H3. The number of nitrogens with zero attached hydrogens (tertiary/aromatic N) is 3. The number of imidazole rings is 1. The van der Waals surface area contributed by atoms with Crippen molar-refractivity contribution in [2.75, 3.05) is 0 Å². The average molecular weight is 305 g/mol. The van der Waals surface area contributed by atoms with E-state index < -0.39 is 18.0 Å². The highest BCUT2D eigenvalue weighted by Crippen LogP contribution is 2.28. The van der Waals surface area contributed by atoms with Gasteiger partial charge < -0.3 is 0 Å². The number of nitrogens with one attached hydrogen (secondary N) is 2. The third-order valence-electron chi connectivity index (χ3n) is 3.20. The highest BCUT2D eigenvalue weighted by atomic mass is 19.3. The molecule has 112 valence electrons. The first-order valence-electron chi connectivity index (χ1n) is 6.29. The predicted molar refractivity (Wildman–Crippen MR) is 75.3 cm³/mol. The van der Waals surface area contributed by atoms with Gasteiger partial charge in [-0.25, -0.2) is 22.7 Å². The molecule has 0 spiro atoms. The zero-order chi connectivity index (χ0) is 16.0. The number of halogens is 3. The Kier molecular flexibility index (Phi) is 3.16. The van der Waals surface area contributed by atoms with Crippen LogP contribution in [-0.2, 0) is 0 Å². The largest absolute Gasteiger partial charge is 0.299 e. The SMILES string of the molecule is Cc1cn2nc(C3=CC(=N)C(=N)C(F)=C3)cc(C(F)F)c2n1. The molecule has 1 aliphatic carbocycles.